The van der Waals surface area contributed by atoms with Crippen molar-refractivity contribution in [3.63, 3.8) is 0 Å². The number of pyridine rings is 1. The standard InChI is InChI=1S/C13H14N4O4/c1-7-4-9(18)8(6-14-7)12(19)17-13-15-10(20-2)5-11(16-13)21-3/h4-6H,1-3H3,(H,14,18)(H,15,16,17,19). The third-order valence-corrected chi connectivity index (χ3v) is 2.62. The number of hydrogen-bond acceptors (Lipinski definition) is 6. The third kappa shape index (κ3) is 3.35. The van der Waals surface area contributed by atoms with E-state index < -0.39 is 11.3 Å². The lowest BCUT2D eigenvalue weighted by Crippen LogP contribution is -2.22. The van der Waals surface area contributed by atoms with Crippen LogP contribution in [0.2, 0.25) is 0 Å². The topological polar surface area (TPSA) is 106 Å². The molecule has 110 valence electrons. The Balaban J connectivity index is 2.28. The molecule has 8 nitrogen and oxygen atoms in total. The highest BCUT2D eigenvalue weighted by atomic mass is 16.5. The summed E-state index contributed by atoms with van der Waals surface area (Å²) in [5.41, 5.74) is 0.237. The van der Waals surface area contributed by atoms with Gasteiger partial charge in [0, 0.05) is 18.0 Å². The Morgan fingerprint density at radius 1 is 1.19 bits per heavy atom. The van der Waals surface area contributed by atoms with Crippen molar-refractivity contribution < 1.29 is 14.3 Å². The van der Waals surface area contributed by atoms with Crippen LogP contribution in [0.25, 0.3) is 0 Å². The van der Waals surface area contributed by atoms with Crippen LogP contribution in [0.15, 0.2) is 23.1 Å². The minimum Gasteiger partial charge on any atom is -0.481 e. The van der Waals surface area contributed by atoms with Gasteiger partial charge in [0.25, 0.3) is 5.91 Å². The predicted molar refractivity (Wildman–Crippen MR) is 74.9 cm³/mol. The summed E-state index contributed by atoms with van der Waals surface area (Å²) in [6, 6.07) is 2.80. The SMILES string of the molecule is COc1cc(OC)nc(NC(=O)c2c[nH]c(C)cc2=O)n1. The summed E-state index contributed by atoms with van der Waals surface area (Å²) >= 11 is 0. The number of amides is 1. The van der Waals surface area contributed by atoms with E-state index in [-0.39, 0.29) is 23.3 Å². The molecule has 0 aliphatic heterocycles. The first-order valence-electron chi connectivity index (χ1n) is 6.01. The minimum absolute atomic E-state index is 0.0174. The third-order valence-electron chi connectivity index (χ3n) is 2.62. The van der Waals surface area contributed by atoms with Gasteiger partial charge >= 0.3 is 0 Å². The van der Waals surface area contributed by atoms with Gasteiger partial charge in [0.15, 0.2) is 5.43 Å². The number of ether oxygens (including phenoxy) is 2. The number of rotatable bonds is 4. The van der Waals surface area contributed by atoms with Gasteiger partial charge < -0.3 is 14.5 Å². The number of aromatic nitrogens is 3. The Morgan fingerprint density at radius 3 is 2.33 bits per heavy atom. The minimum atomic E-state index is -0.619. The van der Waals surface area contributed by atoms with Gasteiger partial charge in [-0.3, -0.25) is 14.9 Å². The van der Waals surface area contributed by atoms with Crippen molar-refractivity contribution in [3.05, 3.63) is 39.8 Å². The molecule has 0 aromatic carbocycles. The lowest BCUT2D eigenvalue weighted by molar-refractivity contribution is 0.102. The molecule has 0 aliphatic rings. The van der Waals surface area contributed by atoms with Gasteiger partial charge in [-0.05, 0) is 6.92 Å². The van der Waals surface area contributed by atoms with Gasteiger partial charge in [0.1, 0.15) is 5.56 Å². The number of anilines is 1. The molecule has 8 heteroatoms. The number of carbonyl (C=O) groups is 1. The zero-order valence-corrected chi connectivity index (χ0v) is 11.8. The van der Waals surface area contributed by atoms with Crippen LogP contribution in [0, 0.1) is 6.92 Å². The Bertz CT molecular complexity index is 704. The van der Waals surface area contributed by atoms with Crippen molar-refractivity contribution in [1.29, 1.82) is 0 Å². The molecule has 2 N–H and O–H groups in total. The highest BCUT2D eigenvalue weighted by Crippen LogP contribution is 2.17. The first-order chi connectivity index (χ1) is 10.0. The van der Waals surface area contributed by atoms with E-state index in [4.69, 9.17) is 9.47 Å². The Morgan fingerprint density at radius 2 is 1.81 bits per heavy atom. The van der Waals surface area contributed by atoms with Crippen LogP contribution < -0.4 is 20.2 Å². The fourth-order valence-corrected chi connectivity index (χ4v) is 1.59. The average Bonchev–Trinajstić information content (AvgIpc) is 2.46. The molecule has 2 aromatic rings. The van der Waals surface area contributed by atoms with Crippen molar-refractivity contribution in [3.8, 4) is 11.8 Å². The van der Waals surface area contributed by atoms with Crippen molar-refractivity contribution in [2.75, 3.05) is 19.5 Å². The normalized spacial score (nSPS) is 10.0. The molecule has 1 amide bonds. The van der Waals surface area contributed by atoms with E-state index in [1.165, 1.54) is 32.5 Å². The number of hydrogen-bond donors (Lipinski definition) is 2. The summed E-state index contributed by atoms with van der Waals surface area (Å²) in [6.45, 7) is 1.72. The quantitative estimate of drug-likeness (QED) is 0.860. The van der Waals surface area contributed by atoms with Crippen LogP contribution in [0.5, 0.6) is 11.8 Å². The van der Waals surface area contributed by atoms with Crippen LogP contribution in [-0.2, 0) is 0 Å². The maximum absolute atomic E-state index is 12.1. The largest absolute Gasteiger partial charge is 0.481 e. The van der Waals surface area contributed by atoms with Crippen molar-refractivity contribution in [1.82, 2.24) is 15.0 Å². The molecular weight excluding hydrogens is 276 g/mol. The number of nitrogens with one attached hydrogen (secondary N) is 2. The first kappa shape index (κ1) is 14.5. The van der Waals surface area contributed by atoms with E-state index in [9.17, 15) is 9.59 Å². The molecule has 0 bridgehead atoms. The molecule has 0 saturated carbocycles. The van der Waals surface area contributed by atoms with E-state index >= 15 is 0 Å². The molecule has 0 fully saturated rings. The zero-order chi connectivity index (χ0) is 15.4. The lowest BCUT2D eigenvalue weighted by Gasteiger charge is -2.07. The van der Waals surface area contributed by atoms with Gasteiger partial charge in [-0.2, -0.15) is 9.97 Å². The molecule has 2 heterocycles. The number of aryl methyl sites for hydroxylation is 1. The molecule has 2 aromatic heterocycles. The average molecular weight is 290 g/mol. The summed E-state index contributed by atoms with van der Waals surface area (Å²) < 4.78 is 9.95. The first-order valence-corrected chi connectivity index (χ1v) is 6.01. The van der Waals surface area contributed by atoms with E-state index in [2.05, 4.69) is 20.3 Å². The summed E-state index contributed by atoms with van der Waals surface area (Å²) in [4.78, 5) is 34.5. The zero-order valence-electron chi connectivity index (χ0n) is 11.8. The molecule has 0 aliphatic carbocycles. The molecule has 0 unspecified atom stereocenters. The fourth-order valence-electron chi connectivity index (χ4n) is 1.59. The Kier molecular flexibility index (Phi) is 4.17. The van der Waals surface area contributed by atoms with Gasteiger partial charge in [0.2, 0.25) is 17.7 Å². The van der Waals surface area contributed by atoms with Crippen molar-refractivity contribution in [2.24, 2.45) is 0 Å². The van der Waals surface area contributed by atoms with Crippen molar-refractivity contribution in [2.45, 2.75) is 6.92 Å². The monoisotopic (exact) mass is 290 g/mol. The van der Waals surface area contributed by atoms with Crippen LogP contribution in [-0.4, -0.2) is 35.1 Å². The van der Waals surface area contributed by atoms with Crippen LogP contribution in [0.1, 0.15) is 16.1 Å². The number of methoxy groups -OCH3 is 2. The van der Waals surface area contributed by atoms with Crippen molar-refractivity contribution >= 4 is 11.9 Å². The van der Waals surface area contributed by atoms with E-state index in [1.807, 2.05) is 0 Å². The van der Waals surface area contributed by atoms with E-state index in [0.717, 1.165) is 0 Å². The molecule has 0 spiro atoms. The van der Waals surface area contributed by atoms with Crippen LogP contribution >= 0.6 is 0 Å². The maximum Gasteiger partial charge on any atom is 0.263 e. The Labute approximate surface area is 120 Å². The van der Waals surface area contributed by atoms with Crippen LogP contribution in [0.3, 0.4) is 0 Å². The summed E-state index contributed by atoms with van der Waals surface area (Å²) in [5.74, 6) is -0.173. The molecule has 21 heavy (non-hydrogen) atoms. The summed E-state index contributed by atoms with van der Waals surface area (Å²) in [6.07, 6.45) is 1.34. The molecular formula is C13H14N4O4. The fraction of sp³-hybridized carbons (Fsp3) is 0.231. The lowest BCUT2D eigenvalue weighted by atomic mass is 10.2. The molecule has 0 atom stereocenters. The van der Waals surface area contributed by atoms with Crippen LogP contribution in [0.4, 0.5) is 5.95 Å². The van der Waals surface area contributed by atoms with Gasteiger partial charge in [-0.15, -0.1) is 0 Å². The molecule has 0 radical (unpaired) electrons. The van der Waals surface area contributed by atoms with Gasteiger partial charge in [-0.25, -0.2) is 0 Å². The van der Waals surface area contributed by atoms with Gasteiger partial charge in [0.05, 0.1) is 20.3 Å². The van der Waals surface area contributed by atoms with E-state index in [1.54, 1.807) is 6.92 Å². The highest BCUT2D eigenvalue weighted by Gasteiger charge is 2.13. The molecule has 2 rings (SSSR count). The predicted octanol–water partition coefficient (Wildman–Crippen LogP) is 0.743. The second-order valence-electron chi connectivity index (χ2n) is 4.12. The smallest absolute Gasteiger partial charge is 0.263 e. The van der Waals surface area contributed by atoms with Gasteiger partial charge in [-0.1, -0.05) is 0 Å². The number of H-pyrrole nitrogens is 1. The second-order valence-corrected chi connectivity index (χ2v) is 4.12. The maximum atomic E-state index is 12.1. The highest BCUT2D eigenvalue weighted by molar-refractivity contribution is 6.03. The Hall–Kier alpha value is -2.90. The number of aromatic amines is 1. The number of nitrogens with zero attached hydrogens (tertiary/aromatic N) is 2. The molecule has 0 saturated heterocycles. The number of carbonyl (C=O) groups excluding carboxylic acids is 1. The second kappa shape index (κ2) is 6.04. The summed E-state index contributed by atoms with van der Waals surface area (Å²) in [7, 11) is 2.86. The summed E-state index contributed by atoms with van der Waals surface area (Å²) in [5, 5.41) is 2.43. The van der Waals surface area contributed by atoms with E-state index in [0.29, 0.717) is 5.69 Å².